The van der Waals surface area contributed by atoms with E-state index in [1.165, 1.54) is 45.2 Å². The Kier molecular flexibility index (Phi) is 7.78. The molecule has 2 amide bonds. The fraction of sp³-hybridized carbons (Fsp3) is 0.692. The van der Waals surface area contributed by atoms with Gasteiger partial charge < -0.3 is 24.2 Å². The smallest absolute Gasteiger partial charge is 0.227 e. The summed E-state index contributed by atoms with van der Waals surface area (Å²) in [5, 5.41) is 0. The zero-order valence-corrected chi connectivity index (χ0v) is 20.4. The summed E-state index contributed by atoms with van der Waals surface area (Å²) in [5.41, 5.74) is 1.08. The Bertz CT molecular complexity index is 843. The van der Waals surface area contributed by atoms with Gasteiger partial charge in [-0.05, 0) is 68.8 Å². The van der Waals surface area contributed by atoms with Crippen molar-refractivity contribution >= 4 is 11.8 Å². The lowest BCUT2D eigenvalue weighted by Gasteiger charge is -2.45. The molecule has 7 heteroatoms. The summed E-state index contributed by atoms with van der Waals surface area (Å²) in [6.45, 7) is 4.38. The van der Waals surface area contributed by atoms with E-state index < -0.39 is 0 Å². The lowest BCUT2D eigenvalue weighted by atomic mass is 9.83. The number of methoxy groups -OCH3 is 2. The van der Waals surface area contributed by atoms with Crippen LogP contribution in [-0.2, 0) is 16.0 Å². The first-order valence-corrected chi connectivity index (χ1v) is 12.5. The van der Waals surface area contributed by atoms with E-state index in [9.17, 15) is 9.59 Å². The van der Waals surface area contributed by atoms with Crippen molar-refractivity contribution in [1.82, 2.24) is 14.7 Å². The second kappa shape index (κ2) is 10.8. The van der Waals surface area contributed by atoms with Crippen LogP contribution in [0.15, 0.2) is 18.2 Å². The molecule has 3 atom stereocenters. The molecule has 3 heterocycles. The van der Waals surface area contributed by atoms with E-state index in [1.54, 1.807) is 14.2 Å². The van der Waals surface area contributed by atoms with E-state index in [-0.39, 0.29) is 17.7 Å². The van der Waals surface area contributed by atoms with Gasteiger partial charge in [-0.25, -0.2) is 0 Å². The number of amides is 2. The van der Waals surface area contributed by atoms with Crippen LogP contribution < -0.4 is 9.47 Å². The predicted molar refractivity (Wildman–Crippen MR) is 128 cm³/mol. The number of hydrogen-bond acceptors (Lipinski definition) is 5. The summed E-state index contributed by atoms with van der Waals surface area (Å²) < 4.78 is 10.7. The molecule has 3 fully saturated rings. The van der Waals surface area contributed by atoms with Gasteiger partial charge in [0.25, 0.3) is 0 Å². The molecule has 3 aliphatic heterocycles. The molecule has 1 aromatic carbocycles. The number of piperidine rings is 2. The highest BCUT2D eigenvalue weighted by Crippen LogP contribution is 2.32. The Morgan fingerprint density at radius 1 is 1.09 bits per heavy atom. The summed E-state index contributed by atoms with van der Waals surface area (Å²) in [4.78, 5) is 32.2. The number of fused-ring (bicyclic) bond motifs is 1. The van der Waals surface area contributed by atoms with Gasteiger partial charge >= 0.3 is 0 Å². The quantitative estimate of drug-likeness (QED) is 0.601. The molecule has 7 nitrogen and oxygen atoms in total. The molecular weight excluding hydrogens is 418 g/mol. The first-order chi connectivity index (χ1) is 16.0. The van der Waals surface area contributed by atoms with E-state index in [2.05, 4.69) is 4.90 Å². The molecule has 0 spiro atoms. The van der Waals surface area contributed by atoms with Crippen LogP contribution in [0, 0.1) is 11.8 Å². The summed E-state index contributed by atoms with van der Waals surface area (Å²) in [5.74, 6) is 1.94. The fourth-order valence-electron chi connectivity index (χ4n) is 6.00. The minimum atomic E-state index is -0.223. The minimum absolute atomic E-state index is 0.0818. The van der Waals surface area contributed by atoms with Crippen molar-refractivity contribution in [2.24, 2.45) is 11.8 Å². The van der Waals surface area contributed by atoms with Gasteiger partial charge in [-0.1, -0.05) is 12.5 Å². The molecule has 0 radical (unpaired) electrons. The van der Waals surface area contributed by atoms with Crippen molar-refractivity contribution in [1.29, 1.82) is 0 Å². The molecule has 3 aliphatic rings. The Morgan fingerprint density at radius 3 is 2.67 bits per heavy atom. The molecule has 3 saturated heterocycles. The van der Waals surface area contributed by atoms with Crippen LogP contribution in [0.3, 0.4) is 0 Å². The number of benzene rings is 1. The van der Waals surface area contributed by atoms with E-state index in [0.717, 1.165) is 18.5 Å². The number of carbonyl (C=O) groups excluding carboxylic acids is 2. The minimum Gasteiger partial charge on any atom is -0.493 e. The molecule has 0 unspecified atom stereocenters. The maximum Gasteiger partial charge on any atom is 0.227 e. The highest BCUT2D eigenvalue weighted by atomic mass is 16.5. The molecule has 0 bridgehead atoms. The zero-order chi connectivity index (χ0) is 23.4. The molecule has 4 rings (SSSR count). The number of likely N-dealkylation sites (tertiary alicyclic amines) is 1. The maximum absolute atomic E-state index is 13.2. The van der Waals surface area contributed by atoms with Crippen molar-refractivity contribution in [3.8, 4) is 11.5 Å². The third kappa shape index (κ3) is 5.45. The average Bonchev–Trinajstić information content (AvgIpc) is 3.22. The van der Waals surface area contributed by atoms with Crippen LogP contribution in [0.25, 0.3) is 0 Å². The van der Waals surface area contributed by atoms with Crippen LogP contribution in [-0.4, -0.2) is 86.5 Å². The third-order valence-corrected chi connectivity index (χ3v) is 7.80. The van der Waals surface area contributed by atoms with E-state index >= 15 is 0 Å². The van der Waals surface area contributed by atoms with Crippen molar-refractivity contribution in [3.63, 3.8) is 0 Å². The standard InChI is InChI=1S/C26H39N3O4/c1-27(17-20-7-6-13-28-12-5-4-8-22(20)28)26(31)21-16-25(30)29(18-21)14-11-19-9-10-23(32-2)24(15-19)33-3/h9-10,15,20-22H,4-8,11-14,16-18H2,1-3H3/t20-,21-,22+/m1/s1. The summed E-state index contributed by atoms with van der Waals surface area (Å²) in [6, 6.07) is 6.47. The van der Waals surface area contributed by atoms with Crippen LogP contribution in [0.2, 0.25) is 0 Å². The highest BCUT2D eigenvalue weighted by molar-refractivity contribution is 5.89. The summed E-state index contributed by atoms with van der Waals surface area (Å²) in [7, 11) is 5.17. The molecule has 0 aromatic heterocycles. The predicted octanol–water partition coefficient (Wildman–Crippen LogP) is 2.82. The molecule has 0 aliphatic carbocycles. The van der Waals surface area contributed by atoms with E-state index in [0.29, 0.717) is 43.0 Å². The van der Waals surface area contributed by atoms with Crippen molar-refractivity contribution in [2.45, 2.75) is 51.0 Å². The SMILES string of the molecule is COc1ccc(CCN2C[C@H](C(=O)N(C)C[C@H]3CCCN4CCCC[C@@H]34)CC2=O)cc1OC. The average molecular weight is 458 g/mol. The number of nitrogens with zero attached hydrogens (tertiary/aromatic N) is 3. The largest absolute Gasteiger partial charge is 0.493 e. The van der Waals surface area contributed by atoms with Gasteiger partial charge in [-0.15, -0.1) is 0 Å². The second-order valence-electron chi connectivity index (χ2n) is 9.90. The third-order valence-electron chi connectivity index (χ3n) is 7.80. The molecule has 33 heavy (non-hydrogen) atoms. The van der Waals surface area contributed by atoms with Gasteiger partial charge in [-0.3, -0.25) is 9.59 Å². The summed E-state index contributed by atoms with van der Waals surface area (Å²) >= 11 is 0. The Hall–Kier alpha value is -2.28. The number of rotatable bonds is 8. The Balaban J connectivity index is 1.29. The number of hydrogen-bond donors (Lipinski definition) is 0. The van der Waals surface area contributed by atoms with Crippen LogP contribution in [0.1, 0.15) is 44.1 Å². The molecule has 182 valence electrons. The van der Waals surface area contributed by atoms with Crippen molar-refractivity contribution < 1.29 is 19.1 Å². The second-order valence-corrected chi connectivity index (χ2v) is 9.90. The highest BCUT2D eigenvalue weighted by Gasteiger charge is 2.38. The van der Waals surface area contributed by atoms with Crippen molar-refractivity contribution in [3.05, 3.63) is 23.8 Å². The van der Waals surface area contributed by atoms with Crippen LogP contribution in [0.4, 0.5) is 0 Å². The molecular formula is C26H39N3O4. The number of carbonyl (C=O) groups is 2. The molecule has 0 saturated carbocycles. The number of ether oxygens (including phenoxy) is 2. The molecule has 1 aromatic rings. The van der Waals surface area contributed by atoms with Gasteiger partial charge in [0.15, 0.2) is 11.5 Å². The van der Waals surface area contributed by atoms with Crippen molar-refractivity contribution in [2.75, 3.05) is 54.0 Å². The van der Waals surface area contributed by atoms with E-state index in [4.69, 9.17) is 9.47 Å². The Labute approximate surface area is 198 Å². The van der Waals surface area contributed by atoms with Gasteiger partial charge in [0.1, 0.15) is 0 Å². The van der Waals surface area contributed by atoms with Gasteiger partial charge in [0.2, 0.25) is 11.8 Å². The van der Waals surface area contributed by atoms with Gasteiger partial charge in [0.05, 0.1) is 20.1 Å². The van der Waals surface area contributed by atoms with E-state index in [1.807, 2.05) is 35.0 Å². The van der Waals surface area contributed by atoms with Gasteiger partial charge in [0, 0.05) is 39.1 Å². The first kappa shape index (κ1) is 23.9. The summed E-state index contributed by atoms with van der Waals surface area (Å²) in [6.07, 6.45) is 7.37. The lowest BCUT2D eigenvalue weighted by molar-refractivity contribution is -0.135. The van der Waals surface area contributed by atoms with Gasteiger partial charge in [-0.2, -0.15) is 0 Å². The maximum atomic E-state index is 13.2. The molecule has 0 N–H and O–H groups in total. The topological polar surface area (TPSA) is 62.3 Å². The Morgan fingerprint density at radius 2 is 1.88 bits per heavy atom. The zero-order valence-electron chi connectivity index (χ0n) is 20.4. The van der Waals surface area contributed by atoms with Crippen LogP contribution in [0.5, 0.6) is 11.5 Å². The lowest BCUT2D eigenvalue weighted by Crippen LogP contribution is -2.51. The van der Waals surface area contributed by atoms with Crippen LogP contribution >= 0.6 is 0 Å². The normalized spacial score (nSPS) is 25.6. The monoisotopic (exact) mass is 457 g/mol. The fourth-order valence-corrected chi connectivity index (χ4v) is 6.00. The first-order valence-electron chi connectivity index (χ1n) is 12.5.